The molecule has 18 amide bonds. The lowest BCUT2D eigenvalue weighted by Crippen LogP contribution is -2.54. The molecule has 3 fully saturated rings. The van der Waals surface area contributed by atoms with Gasteiger partial charge in [-0.3, -0.25) is 86.6 Å². The van der Waals surface area contributed by atoms with Crippen molar-refractivity contribution in [3.8, 4) is 0 Å². The van der Waals surface area contributed by atoms with Gasteiger partial charge in [-0.1, -0.05) is 101 Å². The third-order valence-electron chi connectivity index (χ3n) is 18.7. The number of carbonyl (C=O) groups is 19. The molecule has 35 heteroatoms. The zero-order chi connectivity index (χ0) is 88.6. The van der Waals surface area contributed by atoms with E-state index in [0.717, 1.165) is 12.8 Å². The molecule has 3 aliphatic heterocycles. The largest absolute Gasteiger partial charge is 0.463 e. The van der Waals surface area contributed by atoms with E-state index in [1.165, 1.54) is 14.7 Å². The van der Waals surface area contributed by atoms with Crippen LogP contribution in [0.3, 0.4) is 0 Å². The summed E-state index contributed by atoms with van der Waals surface area (Å²) in [6.07, 6.45) is 8.03. The van der Waals surface area contributed by atoms with Crippen molar-refractivity contribution in [1.82, 2.24) is 57.2 Å². The van der Waals surface area contributed by atoms with Crippen LogP contribution in [0, 0.1) is 41.4 Å². The molecule has 3 saturated heterocycles. The Bertz CT molecular complexity index is 3500. The van der Waals surface area contributed by atoms with E-state index in [1.807, 2.05) is 20.8 Å². The minimum Gasteiger partial charge on any atom is -0.463 e. The fraction of sp³-hybridized carbons (Fsp3) is 0.679. The van der Waals surface area contributed by atoms with E-state index in [0.29, 0.717) is 121 Å². The van der Waals surface area contributed by atoms with Gasteiger partial charge in [0.25, 0.3) is 6.45 Å². The molecule has 3 unspecified atom stereocenters. The highest BCUT2D eigenvalue weighted by Crippen LogP contribution is 2.23. The standard InChI is InChI=1S/C30H44N6O8.C23H39N5O6.C14H27N3O3.C11H17NO3/c1-19(2)26(35-24(38)9-5-4-6-15-36-25(39)16-20(3)29(36)42)28(41)34-23(8-7-14-32-30(31)43)27(40)33-22-12-10-21(11-13-22)17-44-18-37;1-14(2)20(21(32)26-17(16(4)29)9-8-11-25-23(24)34)27-18(30)10-6-5-7-12-28-19(31)13-15(3)22(28)33;1-5-11(9(2)3)13(19)17-12(10(4)18)7-6-8-16-14(15)20;1-9-8-10(14)12(11(9)15)6-4-2-3-5-7-13/h10-13,18-20,23,26H,4-9,14-17H2,1-3H3,(H,33,40)(H,34,41)(H,35,38)(H3,31,32,43);14-15,17,20H,5-13H2,1-4H3,(H,26,32)(H,27,30)(H3,24,25,34);9,11-12H,5-8H2,1-4H3,(H,17,19)(H3,15,16,20);7,9H,2-6,8H2,1H3/t20?,23-,26-;15?,17-,20-;11-,12-;/m000./s1/i18D;2*4D;7D. The SMILES string of the molecule is [2H]C(=O)CCCCCN1C(=O)CC(C)C1=O.[2H]C(=O)OCc1ccc(NC(=O)[C@H](CCCNC(N)=O)NC(=O)[C@@H](NC(=O)CCCCCN2C(=O)CC(C)C2=O)C(C)C)cc1.[2H]CC(=O)[C@H](CCCNC(N)=O)NC(=O)[C@@H](CC)C(C)C.[2H]CC(=O)[C@H](CCCNC(N)=O)NC(=O)[C@@H](NC(=O)CCCCCN1C(=O)CC(C)C1=O)C(C)C. The molecule has 634 valence electrons. The molecule has 1 aromatic rings. The molecule has 3 heterocycles. The van der Waals surface area contributed by atoms with E-state index >= 15 is 0 Å². The van der Waals surface area contributed by atoms with Crippen molar-refractivity contribution in [2.24, 2.45) is 58.6 Å². The van der Waals surface area contributed by atoms with E-state index in [9.17, 15) is 91.1 Å². The summed E-state index contributed by atoms with van der Waals surface area (Å²) in [6.45, 7) is 19.1. The molecule has 9 atom stereocenters. The number of unbranched alkanes of at least 4 members (excludes halogenated alkanes) is 6. The van der Waals surface area contributed by atoms with Crippen LogP contribution in [-0.2, 0) is 88.1 Å². The van der Waals surface area contributed by atoms with Gasteiger partial charge in [-0.2, -0.15) is 0 Å². The monoisotopic (exact) mass is 1600 g/mol. The van der Waals surface area contributed by atoms with Gasteiger partial charge in [0.1, 0.15) is 32.4 Å². The lowest BCUT2D eigenvalue weighted by molar-refractivity contribution is -0.140. The van der Waals surface area contributed by atoms with Gasteiger partial charge in [0, 0.05) is 110 Å². The average molecular weight is 1600 g/mol. The zero-order valence-electron chi connectivity index (χ0n) is 71.4. The van der Waals surface area contributed by atoms with Gasteiger partial charge < -0.3 is 74.6 Å². The normalized spacial score (nSPS) is 17.1. The third kappa shape index (κ3) is 40.7. The molecular weight excluding hydrogens is 1470 g/mol. The van der Waals surface area contributed by atoms with Crippen molar-refractivity contribution < 1.29 is 101 Å². The summed E-state index contributed by atoms with van der Waals surface area (Å²) in [5, 5.41) is 23.5. The maximum Gasteiger partial charge on any atom is 0.312 e. The van der Waals surface area contributed by atoms with Crippen molar-refractivity contribution in [2.45, 2.75) is 261 Å². The number of amides is 18. The van der Waals surface area contributed by atoms with E-state index < -0.39 is 91.4 Å². The van der Waals surface area contributed by atoms with E-state index in [2.05, 4.69) is 52.6 Å². The lowest BCUT2D eigenvalue weighted by Gasteiger charge is -2.25. The predicted octanol–water partition coefficient (Wildman–Crippen LogP) is 4.26. The second-order valence-corrected chi connectivity index (χ2v) is 29.4. The van der Waals surface area contributed by atoms with Gasteiger partial charge in [-0.15, -0.1) is 0 Å². The number of hydrogen-bond acceptors (Lipinski definition) is 20. The fourth-order valence-corrected chi connectivity index (χ4v) is 12.2. The van der Waals surface area contributed by atoms with Crippen molar-refractivity contribution in [3.05, 3.63) is 29.8 Å². The highest BCUT2D eigenvalue weighted by molar-refractivity contribution is 6.05. The summed E-state index contributed by atoms with van der Waals surface area (Å²) in [4.78, 5) is 228. The number of ketones is 2. The van der Waals surface area contributed by atoms with Gasteiger partial charge in [0.15, 0.2) is 12.9 Å². The summed E-state index contributed by atoms with van der Waals surface area (Å²) in [7, 11) is 0. The first-order valence-electron chi connectivity index (χ1n) is 41.3. The number of benzene rings is 1. The van der Waals surface area contributed by atoms with Gasteiger partial charge in [0.2, 0.25) is 70.9 Å². The van der Waals surface area contributed by atoms with E-state index in [1.54, 1.807) is 72.7 Å². The number of urea groups is 3. The van der Waals surface area contributed by atoms with Crippen LogP contribution >= 0.6 is 0 Å². The molecule has 4 rings (SSSR count). The zero-order valence-corrected chi connectivity index (χ0v) is 67.4. The molecule has 3 aliphatic rings. The Hall–Kier alpha value is -10.2. The molecule has 113 heavy (non-hydrogen) atoms. The number of imide groups is 3. The minimum absolute atomic E-state index is 0.0819. The van der Waals surface area contributed by atoms with Gasteiger partial charge in [-0.25, -0.2) is 14.4 Å². The van der Waals surface area contributed by atoms with E-state index in [-0.39, 0.29) is 172 Å². The molecule has 0 aliphatic carbocycles. The summed E-state index contributed by atoms with van der Waals surface area (Å²) in [6, 6.07) is 0.0155. The van der Waals surface area contributed by atoms with Gasteiger partial charge in [-0.05, 0) is 133 Å². The molecule has 0 bridgehead atoms. The number of carbonyl (C=O) groups excluding carboxylic acids is 19. The number of nitrogens with one attached hydrogen (secondary N) is 9. The van der Waals surface area contributed by atoms with Crippen molar-refractivity contribution in [1.29, 1.82) is 0 Å². The number of hydrogen-bond donors (Lipinski definition) is 12. The maximum absolute atomic E-state index is 13.3. The number of ether oxygens (including phenoxy) is 1. The Morgan fingerprint density at radius 1 is 0.487 bits per heavy atom. The first kappa shape index (κ1) is 93.4. The average Bonchev–Trinajstić information content (AvgIpc) is 1.33. The van der Waals surface area contributed by atoms with Crippen LogP contribution in [-0.4, -0.2) is 197 Å². The Morgan fingerprint density at radius 2 is 0.850 bits per heavy atom. The van der Waals surface area contributed by atoms with Crippen LogP contribution in [0.4, 0.5) is 20.1 Å². The van der Waals surface area contributed by atoms with E-state index in [4.69, 9.17) is 22.7 Å². The first-order valence-corrected chi connectivity index (χ1v) is 38.9. The number of rotatable bonds is 48. The Labute approximate surface area is 669 Å². The molecule has 35 nitrogen and oxygen atoms in total. The summed E-state index contributed by atoms with van der Waals surface area (Å²) >= 11 is 0. The van der Waals surface area contributed by atoms with Crippen LogP contribution in [0.5, 0.6) is 0 Å². The molecule has 1 aromatic carbocycles. The van der Waals surface area contributed by atoms with Crippen molar-refractivity contribution in [3.63, 3.8) is 0 Å². The Balaban J connectivity index is 0.000000838. The maximum atomic E-state index is 13.3. The molecular formula is C78H127N15O20. The fourth-order valence-electron chi connectivity index (χ4n) is 12.2. The molecule has 0 aromatic heterocycles. The molecule has 0 radical (unpaired) electrons. The van der Waals surface area contributed by atoms with Crippen LogP contribution < -0.4 is 65.1 Å². The number of primary amides is 3. The number of nitrogens with zero attached hydrogens (tertiary/aromatic N) is 3. The number of nitrogens with two attached hydrogens (primary N) is 3. The van der Waals surface area contributed by atoms with Crippen LogP contribution in [0.2, 0.25) is 0 Å². The van der Waals surface area contributed by atoms with Crippen molar-refractivity contribution in [2.75, 3.05) is 44.6 Å². The second kappa shape index (κ2) is 55.2. The highest BCUT2D eigenvalue weighted by Gasteiger charge is 2.38. The smallest absolute Gasteiger partial charge is 0.312 e. The topological polar surface area (TPSA) is 530 Å². The molecule has 15 N–H and O–H groups in total. The second-order valence-electron chi connectivity index (χ2n) is 29.4. The number of Topliss-reactive ketones (excluding diaryl/α,β-unsaturated/α-hetero) is 2. The highest BCUT2D eigenvalue weighted by atomic mass is 16.5. The summed E-state index contributed by atoms with van der Waals surface area (Å²) in [5.41, 5.74) is 16.1. The minimum atomic E-state index is -1.16. The Morgan fingerprint density at radius 3 is 1.17 bits per heavy atom. The quantitative estimate of drug-likeness (QED) is 0.0246. The summed E-state index contributed by atoms with van der Waals surface area (Å²) in [5.74, 6) is -5.20. The Kier molecular flexibility index (Phi) is 45.6. The summed E-state index contributed by atoms with van der Waals surface area (Å²) < 4.78 is 32.7. The van der Waals surface area contributed by atoms with Gasteiger partial charge in [0.05, 0.1) is 12.1 Å². The van der Waals surface area contributed by atoms with Gasteiger partial charge >= 0.3 is 18.1 Å². The first-order chi connectivity index (χ1) is 55.1. The van der Waals surface area contributed by atoms with Crippen molar-refractivity contribution >= 4 is 119 Å². The molecule has 0 spiro atoms. The lowest BCUT2D eigenvalue weighted by atomic mass is 9.92. The third-order valence-corrected chi connectivity index (χ3v) is 18.7. The number of likely N-dealkylation sites (tertiary alicyclic amines) is 3. The molecule has 0 saturated carbocycles. The number of anilines is 1. The van der Waals surface area contributed by atoms with Crippen LogP contribution in [0.15, 0.2) is 24.3 Å². The number of aldehydes is 1. The predicted molar refractivity (Wildman–Crippen MR) is 419 cm³/mol. The van der Waals surface area contributed by atoms with Crippen LogP contribution in [0.25, 0.3) is 0 Å². The van der Waals surface area contributed by atoms with Crippen LogP contribution in [0.1, 0.15) is 235 Å².